The Morgan fingerprint density at radius 1 is 1.29 bits per heavy atom. The molecule has 70 valence electrons. The van der Waals surface area contributed by atoms with Gasteiger partial charge in [0.2, 0.25) is 5.82 Å². The third kappa shape index (κ3) is 1.62. The molecular formula is C9H7N3OS. The Balaban J connectivity index is 2.39. The van der Waals surface area contributed by atoms with Gasteiger partial charge in [-0.3, -0.25) is 0 Å². The molecule has 0 unspecified atom stereocenters. The summed E-state index contributed by atoms with van der Waals surface area (Å²) in [5.74, 6) is 0.687. The van der Waals surface area contributed by atoms with Crippen LogP contribution in [0.4, 0.5) is 0 Å². The largest absolute Gasteiger partial charge is 0.387 e. The summed E-state index contributed by atoms with van der Waals surface area (Å²) >= 11 is 4.72. The zero-order chi connectivity index (χ0) is 9.97. The van der Waals surface area contributed by atoms with Crippen LogP contribution >= 0.6 is 12.2 Å². The van der Waals surface area contributed by atoms with Gasteiger partial charge in [0.05, 0.1) is 0 Å². The van der Waals surface area contributed by atoms with Gasteiger partial charge in [0.1, 0.15) is 4.99 Å². The van der Waals surface area contributed by atoms with Crippen LogP contribution in [0.3, 0.4) is 0 Å². The first-order valence-electron chi connectivity index (χ1n) is 3.96. The molecule has 1 aromatic carbocycles. The normalized spacial score (nSPS) is 10.0. The molecule has 0 fully saturated rings. The van der Waals surface area contributed by atoms with E-state index in [1.165, 1.54) is 0 Å². The van der Waals surface area contributed by atoms with Gasteiger partial charge in [0.15, 0.2) is 0 Å². The van der Waals surface area contributed by atoms with E-state index < -0.39 is 0 Å². The molecule has 2 N–H and O–H groups in total. The van der Waals surface area contributed by atoms with E-state index in [1.807, 2.05) is 30.3 Å². The molecule has 0 amide bonds. The fraction of sp³-hybridized carbons (Fsp3) is 0. The molecule has 5 heteroatoms. The van der Waals surface area contributed by atoms with Crippen molar-refractivity contribution in [2.45, 2.75) is 0 Å². The van der Waals surface area contributed by atoms with Gasteiger partial charge >= 0.3 is 0 Å². The summed E-state index contributed by atoms with van der Waals surface area (Å²) in [4.78, 5) is 4.17. The van der Waals surface area contributed by atoms with Crippen LogP contribution in [0.1, 0.15) is 5.82 Å². The average Bonchev–Trinajstić information content (AvgIpc) is 2.68. The van der Waals surface area contributed by atoms with Crippen molar-refractivity contribution >= 4 is 17.2 Å². The third-order valence-electron chi connectivity index (χ3n) is 1.67. The highest BCUT2D eigenvalue weighted by Gasteiger charge is 2.09. The van der Waals surface area contributed by atoms with E-state index in [9.17, 15) is 0 Å². The number of hydrogen-bond donors (Lipinski definition) is 1. The SMILES string of the molecule is NC(=S)c1noc(-c2ccccc2)n1. The van der Waals surface area contributed by atoms with Crippen molar-refractivity contribution in [1.82, 2.24) is 10.1 Å². The van der Waals surface area contributed by atoms with Gasteiger partial charge in [-0.2, -0.15) is 4.98 Å². The molecule has 0 aliphatic heterocycles. The van der Waals surface area contributed by atoms with Gasteiger partial charge in [-0.05, 0) is 12.1 Å². The van der Waals surface area contributed by atoms with Crippen LogP contribution < -0.4 is 5.73 Å². The molecule has 0 bridgehead atoms. The summed E-state index contributed by atoms with van der Waals surface area (Å²) in [7, 11) is 0. The number of nitrogens with two attached hydrogens (primary N) is 1. The summed E-state index contributed by atoms with van der Waals surface area (Å²) in [6.45, 7) is 0. The Morgan fingerprint density at radius 2 is 2.00 bits per heavy atom. The first-order chi connectivity index (χ1) is 6.77. The molecule has 2 aromatic rings. The molecule has 4 nitrogen and oxygen atoms in total. The van der Waals surface area contributed by atoms with Crippen LogP contribution in [-0.4, -0.2) is 15.1 Å². The first-order valence-corrected chi connectivity index (χ1v) is 4.37. The summed E-state index contributed by atoms with van der Waals surface area (Å²) in [6, 6.07) is 9.43. The van der Waals surface area contributed by atoms with E-state index in [-0.39, 0.29) is 10.8 Å². The molecular weight excluding hydrogens is 198 g/mol. The van der Waals surface area contributed by atoms with Crippen LogP contribution in [0, 0.1) is 0 Å². The van der Waals surface area contributed by atoms with Crippen molar-refractivity contribution in [3.8, 4) is 11.5 Å². The Kier molecular flexibility index (Phi) is 2.24. The smallest absolute Gasteiger partial charge is 0.258 e. The number of rotatable bonds is 2. The zero-order valence-electron chi connectivity index (χ0n) is 7.18. The second kappa shape index (κ2) is 3.55. The van der Waals surface area contributed by atoms with Gasteiger partial charge in [0.25, 0.3) is 5.89 Å². The van der Waals surface area contributed by atoms with Crippen molar-refractivity contribution in [2.75, 3.05) is 0 Å². The van der Waals surface area contributed by atoms with Crippen molar-refractivity contribution in [3.63, 3.8) is 0 Å². The highest BCUT2D eigenvalue weighted by Crippen LogP contribution is 2.15. The summed E-state index contributed by atoms with van der Waals surface area (Å²) in [6.07, 6.45) is 0. The molecule has 0 atom stereocenters. The van der Waals surface area contributed by atoms with Crippen molar-refractivity contribution in [2.24, 2.45) is 5.73 Å². The van der Waals surface area contributed by atoms with Crippen LogP contribution in [0.15, 0.2) is 34.9 Å². The molecule has 0 saturated carbocycles. The minimum atomic E-state index is 0.135. The number of aromatic nitrogens is 2. The lowest BCUT2D eigenvalue weighted by atomic mass is 10.2. The fourth-order valence-corrected chi connectivity index (χ4v) is 1.10. The molecule has 0 aliphatic rings. The number of hydrogen-bond acceptors (Lipinski definition) is 4. The van der Waals surface area contributed by atoms with Crippen LogP contribution in [0.25, 0.3) is 11.5 Å². The number of thiocarbonyl (C=S) groups is 1. The number of benzene rings is 1. The predicted octanol–water partition coefficient (Wildman–Crippen LogP) is 1.37. The first kappa shape index (κ1) is 8.83. The summed E-state index contributed by atoms with van der Waals surface area (Å²) < 4.78 is 4.98. The lowest BCUT2D eigenvalue weighted by Gasteiger charge is -1.90. The summed E-state index contributed by atoms with van der Waals surface area (Å²) in [5.41, 5.74) is 6.20. The van der Waals surface area contributed by atoms with E-state index >= 15 is 0 Å². The topological polar surface area (TPSA) is 64.9 Å². The quantitative estimate of drug-likeness (QED) is 0.750. The summed E-state index contributed by atoms with van der Waals surface area (Å²) in [5, 5.41) is 3.64. The minimum Gasteiger partial charge on any atom is -0.387 e. The fourth-order valence-electron chi connectivity index (χ4n) is 1.02. The lowest BCUT2D eigenvalue weighted by Crippen LogP contribution is -2.11. The monoisotopic (exact) mass is 205 g/mol. The Morgan fingerprint density at radius 3 is 2.57 bits per heavy atom. The second-order valence-corrected chi connectivity index (χ2v) is 3.09. The molecule has 1 heterocycles. The zero-order valence-corrected chi connectivity index (χ0v) is 7.99. The minimum absolute atomic E-state index is 0.135. The molecule has 14 heavy (non-hydrogen) atoms. The van der Waals surface area contributed by atoms with E-state index in [1.54, 1.807) is 0 Å². The second-order valence-electron chi connectivity index (χ2n) is 2.65. The molecule has 0 saturated heterocycles. The Labute approximate surface area is 85.7 Å². The predicted molar refractivity (Wildman–Crippen MR) is 55.6 cm³/mol. The van der Waals surface area contributed by atoms with Crippen LogP contribution in [0.5, 0.6) is 0 Å². The maximum Gasteiger partial charge on any atom is 0.258 e. The molecule has 0 radical (unpaired) electrons. The lowest BCUT2D eigenvalue weighted by molar-refractivity contribution is 0.429. The van der Waals surface area contributed by atoms with Gasteiger partial charge in [0, 0.05) is 5.56 Å². The van der Waals surface area contributed by atoms with E-state index in [4.69, 9.17) is 22.5 Å². The Bertz CT molecular complexity index is 452. The highest BCUT2D eigenvalue weighted by atomic mass is 32.1. The molecule has 1 aromatic heterocycles. The van der Waals surface area contributed by atoms with Crippen molar-refractivity contribution < 1.29 is 4.52 Å². The van der Waals surface area contributed by atoms with E-state index in [0.717, 1.165) is 5.56 Å². The maximum atomic E-state index is 5.35. The van der Waals surface area contributed by atoms with Crippen LogP contribution in [0.2, 0.25) is 0 Å². The van der Waals surface area contributed by atoms with Gasteiger partial charge < -0.3 is 10.3 Å². The van der Waals surface area contributed by atoms with Crippen LogP contribution in [-0.2, 0) is 0 Å². The molecule has 0 spiro atoms. The number of nitrogens with zero attached hydrogens (tertiary/aromatic N) is 2. The molecule has 2 rings (SSSR count). The Hall–Kier alpha value is -1.75. The standard InChI is InChI=1S/C9H7N3OS/c10-7(14)8-11-9(13-12-8)6-4-2-1-3-5-6/h1-5H,(H2,10,14). The maximum absolute atomic E-state index is 5.35. The molecule has 0 aliphatic carbocycles. The van der Waals surface area contributed by atoms with E-state index in [0.29, 0.717) is 5.89 Å². The van der Waals surface area contributed by atoms with Crippen molar-refractivity contribution in [3.05, 3.63) is 36.2 Å². The van der Waals surface area contributed by atoms with Gasteiger partial charge in [-0.15, -0.1) is 0 Å². The van der Waals surface area contributed by atoms with E-state index in [2.05, 4.69) is 10.1 Å². The average molecular weight is 205 g/mol. The highest BCUT2D eigenvalue weighted by molar-refractivity contribution is 7.80. The van der Waals surface area contributed by atoms with Gasteiger partial charge in [-0.1, -0.05) is 35.6 Å². The van der Waals surface area contributed by atoms with Gasteiger partial charge in [-0.25, -0.2) is 0 Å². The third-order valence-corrected chi connectivity index (χ3v) is 1.85. The van der Waals surface area contributed by atoms with Crippen molar-refractivity contribution in [1.29, 1.82) is 0 Å².